The van der Waals surface area contributed by atoms with Gasteiger partial charge in [0.25, 0.3) is 0 Å². The van der Waals surface area contributed by atoms with Gasteiger partial charge in [-0.3, -0.25) is 4.79 Å². The molecule has 1 fully saturated rings. The molecular formula is C18H18ClNO2. The van der Waals surface area contributed by atoms with Crippen LogP contribution in [0.3, 0.4) is 0 Å². The van der Waals surface area contributed by atoms with Gasteiger partial charge >= 0.3 is 0 Å². The number of halogens is 1. The van der Waals surface area contributed by atoms with Gasteiger partial charge in [0.1, 0.15) is 5.75 Å². The van der Waals surface area contributed by atoms with E-state index in [1.165, 1.54) is 5.56 Å². The van der Waals surface area contributed by atoms with Gasteiger partial charge in [-0.2, -0.15) is 0 Å². The fraction of sp³-hybridized carbons (Fsp3) is 0.278. The molecule has 1 N–H and O–H groups in total. The first kappa shape index (κ1) is 14.9. The fourth-order valence-corrected chi connectivity index (χ4v) is 3.07. The molecule has 2 atom stereocenters. The monoisotopic (exact) mass is 315 g/mol. The molecule has 1 heterocycles. The topological polar surface area (TPSA) is 38.3 Å². The first-order chi connectivity index (χ1) is 10.7. The number of amides is 1. The SMILES string of the molecule is O=C1C[C@H](c2ccccc2)[C@@H](CCOc2cccc(Cl)c2)N1. The molecule has 3 rings (SSSR count). The Labute approximate surface area is 135 Å². The molecule has 22 heavy (non-hydrogen) atoms. The Bertz CT molecular complexity index is 645. The number of carbonyl (C=O) groups is 1. The first-order valence-corrected chi connectivity index (χ1v) is 7.83. The fourth-order valence-electron chi connectivity index (χ4n) is 2.89. The van der Waals surface area contributed by atoms with E-state index in [-0.39, 0.29) is 17.9 Å². The number of hydrogen-bond acceptors (Lipinski definition) is 2. The molecule has 1 aliphatic rings. The Morgan fingerprint density at radius 3 is 2.73 bits per heavy atom. The van der Waals surface area contributed by atoms with Crippen LogP contribution in [0.4, 0.5) is 0 Å². The van der Waals surface area contributed by atoms with Crippen LogP contribution in [0.15, 0.2) is 54.6 Å². The Kier molecular flexibility index (Phi) is 4.64. The Morgan fingerprint density at radius 1 is 1.14 bits per heavy atom. The third-order valence-corrected chi connectivity index (χ3v) is 4.19. The molecule has 0 saturated carbocycles. The van der Waals surface area contributed by atoms with E-state index in [0.29, 0.717) is 18.1 Å². The highest BCUT2D eigenvalue weighted by atomic mass is 35.5. The second-order valence-corrected chi connectivity index (χ2v) is 5.93. The minimum Gasteiger partial charge on any atom is -0.493 e. The van der Waals surface area contributed by atoms with Crippen molar-refractivity contribution < 1.29 is 9.53 Å². The highest BCUT2D eigenvalue weighted by Crippen LogP contribution is 2.30. The minimum absolute atomic E-state index is 0.113. The summed E-state index contributed by atoms with van der Waals surface area (Å²) in [7, 11) is 0. The van der Waals surface area contributed by atoms with E-state index in [2.05, 4.69) is 17.4 Å². The summed E-state index contributed by atoms with van der Waals surface area (Å²) in [5.41, 5.74) is 1.20. The molecule has 114 valence electrons. The maximum absolute atomic E-state index is 11.7. The highest BCUT2D eigenvalue weighted by molar-refractivity contribution is 6.30. The van der Waals surface area contributed by atoms with Crippen LogP contribution in [0.2, 0.25) is 5.02 Å². The van der Waals surface area contributed by atoms with Crippen molar-refractivity contribution in [1.82, 2.24) is 5.32 Å². The van der Waals surface area contributed by atoms with Gasteiger partial charge in [0, 0.05) is 29.8 Å². The smallest absolute Gasteiger partial charge is 0.220 e. The van der Waals surface area contributed by atoms with Gasteiger partial charge in [-0.05, 0) is 23.8 Å². The molecular weight excluding hydrogens is 298 g/mol. The predicted octanol–water partition coefficient (Wildman–Crippen LogP) is 3.78. The minimum atomic E-state index is 0.113. The second kappa shape index (κ2) is 6.84. The molecule has 0 spiro atoms. The quantitative estimate of drug-likeness (QED) is 0.912. The molecule has 1 saturated heterocycles. The summed E-state index contributed by atoms with van der Waals surface area (Å²) in [5.74, 6) is 1.09. The summed E-state index contributed by atoms with van der Waals surface area (Å²) in [5, 5.41) is 3.72. The summed E-state index contributed by atoms with van der Waals surface area (Å²) >= 11 is 5.94. The Hall–Kier alpha value is -2.00. The summed E-state index contributed by atoms with van der Waals surface area (Å²) in [6.45, 7) is 0.550. The third-order valence-electron chi connectivity index (χ3n) is 3.96. The standard InChI is InChI=1S/C18H18ClNO2/c19-14-7-4-8-15(11-14)22-10-9-17-16(12-18(21)20-17)13-5-2-1-3-6-13/h1-8,11,16-17H,9-10,12H2,(H,20,21)/t16-,17-/m1/s1. The molecule has 0 radical (unpaired) electrons. The van der Waals surface area contributed by atoms with Gasteiger partial charge in [-0.15, -0.1) is 0 Å². The molecule has 2 aromatic carbocycles. The van der Waals surface area contributed by atoms with Crippen molar-refractivity contribution in [3.05, 3.63) is 65.2 Å². The predicted molar refractivity (Wildman–Crippen MR) is 87.3 cm³/mol. The molecule has 0 bridgehead atoms. The zero-order valence-corrected chi connectivity index (χ0v) is 12.9. The number of carbonyl (C=O) groups excluding carboxylic acids is 1. The molecule has 0 aromatic heterocycles. The normalized spacial score (nSPS) is 20.7. The Balaban J connectivity index is 1.60. The lowest BCUT2D eigenvalue weighted by atomic mass is 9.90. The Morgan fingerprint density at radius 2 is 1.95 bits per heavy atom. The highest BCUT2D eigenvalue weighted by Gasteiger charge is 2.33. The lowest BCUT2D eigenvalue weighted by Crippen LogP contribution is -2.30. The number of hydrogen-bond donors (Lipinski definition) is 1. The number of nitrogens with one attached hydrogen (secondary N) is 1. The van der Waals surface area contributed by atoms with Crippen molar-refractivity contribution >= 4 is 17.5 Å². The third kappa shape index (κ3) is 3.60. The van der Waals surface area contributed by atoms with Crippen LogP contribution in [0.5, 0.6) is 5.75 Å². The maximum Gasteiger partial charge on any atom is 0.220 e. The largest absolute Gasteiger partial charge is 0.493 e. The summed E-state index contributed by atoms with van der Waals surface area (Å²) in [6, 6.07) is 17.6. The van der Waals surface area contributed by atoms with Crippen LogP contribution in [-0.2, 0) is 4.79 Å². The molecule has 0 aliphatic carbocycles. The van der Waals surface area contributed by atoms with Gasteiger partial charge in [0.2, 0.25) is 5.91 Å². The molecule has 4 heteroatoms. The van der Waals surface area contributed by atoms with E-state index in [4.69, 9.17) is 16.3 Å². The van der Waals surface area contributed by atoms with E-state index < -0.39 is 0 Å². The average molecular weight is 316 g/mol. The van der Waals surface area contributed by atoms with Crippen LogP contribution in [0.1, 0.15) is 24.3 Å². The lowest BCUT2D eigenvalue weighted by molar-refractivity contribution is -0.119. The van der Waals surface area contributed by atoms with E-state index >= 15 is 0 Å². The summed E-state index contributed by atoms with van der Waals surface area (Å²) in [4.78, 5) is 11.7. The van der Waals surface area contributed by atoms with Crippen LogP contribution in [0, 0.1) is 0 Å². The van der Waals surface area contributed by atoms with Gasteiger partial charge in [-0.1, -0.05) is 48.0 Å². The maximum atomic E-state index is 11.7. The van der Waals surface area contributed by atoms with Crippen molar-refractivity contribution in [2.24, 2.45) is 0 Å². The van der Waals surface area contributed by atoms with Crippen molar-refractivity contribution in [1.29, 1.82) is 0 Å². The lowest BCUT2D eigenvalue weighted by Gasteiger charge is -2.19. The molecule has 1 amide bonds. The van der Waals surface area contributed by atoms with Gasteiger partial charge in [0.05, 0.1) is 6.61 Å². The number of ether oxygens (including phenoxy) is 1. The van der Waals surface area contributed by atoms with Crippen LogP contribution >= 0.6 is 11.6 Å². The van der Waals surface area contributed by atoms with Crippen molar-refractivity contribution in [2.75, 3.05) is 6.61 Å². The van der Waals surface area contributed by atoms with Crippen molar-refractivity contribution in [3.8, 4) is 5.75 Å². The van der Waals surface area contributed by atoms with E-state index in [9.17, 15) is 4.79 Å². The zero-order valence-electron chi connectivity index (χ0n) is 12.2. The summed E-state index contributed by atoms with van der Waals surface area (Å²) in [6.07, 6.45) is 1.32. The first-order valence-electron chi connectivity index (χ1n) is 7.45. The summed E-state index contributed by atoms with van der Waals surface area (Å²) < 4.78 is 5.73. The van der Waals surface area contributed by atoms with Gasteiger partial charge < -0.3 is 10.1 Å². The number of benzene rings is 2. The van der Waals surface area contributed by atoms with Crippen LogP contribution in [-0.4, -0.2) is 18.6 Å². The molecule has 0 unspecified atom stereocenters. The van der Waals surface area contributed by atoms with Gasteiger partial charge in [-0.25, -0.2) is 0 Å². The zero-order chi connectivity index (χ0) is 15.4. The molecule has 1 aliphatic heterocycles. The average Bonchev–Trinajstić information content (AvgIpc) is 2.89. The van der Waals surface area contributed by atoms with Crippen molar-refractivity contribution in [2.45, 2.75) is 24.8 Å². The van der Waals surface area contributed by atoms with Crippen molar-refractivity contribution in [3.63, 3.8) is 0 Å². The van der Waals surface area contributed by atoms with Gasteiger partial charge in [0.15, 0.2) is 0 Å². The molecule has 2 aromatic rings. The van der Waals surface area contributed by atoms with E-state index in [1.807, 2.05) is 36.4 Å². The number of rotatable bonds is 5. The van der Waals surface area contributed by atoms with E-state index in [0.717, 1.165) is 12.2 Å². The second-order valence-electron chi connectivity index (χ2n) is 5.49. The van der Waals surface area contributed by atoms with E-state index in [1.54, 1.807) is 6.07 Å². The van der Waals surface area contributed by atoms with Crippen LogP contribution < -0.4 is 10.1 Å². The van der Waals surface area contributed by atoms with Crippen LogP contribution in [0.25, 0.3) is 0 Å². The molecule has 3 nitrogen and oxygen atoms in total.